The summed E-state index contributed by atoms with van der Waals surface area (Å²) in [6.07, 6.45) is 5.58. The molecule has 0 saturated carbocycles. The van der Waals surface area contributed by atoms with Gasteiger partial charge in [0.1, 0.15) is 5.75 Å². The third-order valence-electron chi connectivity index (χ3n) is 1.50. The third kappa shape index (κ3) is 4.52. The first-order chi connectivity index (χ1) is 6.33. The minimum absolute atomic E-state index is 0.735. The summed E-state index contributed by atoms with van der Waals surface area (Å²) in [5, 5.41) is 0. The Morgan fingerprint density at radius 1 is 1.38 bits per heavy atom. The molecule has 1 rings (SSSR count). The number of halogens is 1. The van der Waals surface area contributed by atoms with Crippen LogP contribution in [0.3, 0.4) is 0 Å². The molecule has 13 heavy (non-hydrogen) atoms. The van der Waals surface area contributed by atoms with Gasteiger partial charge in [-0.05, 0) is 40.6 Å². The van der Waals surface area contributed by atoms with Crippen LogP contribution in [0.15, 0.2) is 22.9 Å². The van der Waals surface area contributed by atoms with Crippen molar-refractivity contribution < 1.29 is 4.74 Å². The molecule has 0 radical (unpaired) electrons. The molecule has 0 aliphatic carbocycles. The second-order valence-electron chi connectivity index (χ2n) is 2.62. The molecule has 2 nitrogen and oxygen atoms in total. The number of thiol groups is 1. The Morgan fingerprint density at radius 3 is 2.92 bits per heavy atom. The smallest absolute Gasteiger partial charge is 0.138 e. The Hall–Kier alpha value is -0.220. The highest BCUT2D eigenvalue weighted by Crippen LogP contribution is 2.15. The fraction of sp³-hybridized carbons (Fsp3) is 0.444. The zero-order chi connectivity index (χ0) is 9.52. The lowest BCUT2D eigenvalue weighted by atomic mass is 10.3. The maximum atomic E-state index is 5.46. The molecule has 0 bridgehead atoms. The molecule has 0 fully saturated rings. The van der Waals surface area contributed by atoms with Crippen molar-refractivity contribution in [3.05, 3.63) is 22.9 Å². The Morgan fingerprint density at radius 2 is 2.23 bits per heavy atom. The van der Waals surface area contributed by atoms with E-state index in [0.717, 1.165) is 35.4 Å². The van der Waals surface area contributed by atoms with Crippen molar-refractivity contribution in [2.24, 2.45) is 0 Å². The van der Waals surface area contributed by atoms with Gasteiger partial charge in [0.05, 0.1) is 12.8 Å². The largest absolute Gasteiger partial charge is 0.492 e. The van der Waals surface area contributed by atoms with E-state index in [4.69, 9.17) is 4.74 Å². The van der Waals surface area contributed by atoms with E-state index in [1.807, 2.05) is 6.07 Å². The van der Waals surface area contributed by atoms with Gasteiger partial charge in [0.15, 0.2) is 0 Å². The highest BCUT2D eigenvalue weighted by atomic mass is 79.9. The summed E-state index contributed by atoms with van der Waals surface area (Å²) in [5.41, 5.74) is 0. The fourth-order valence-corrected chi connectivity index (χ4v) is 1.44. The van der Waals surface area contributed by atoms with E-state index in [1.165, 1.54) is 0 Å². The minimum atomic E-state index is 0.735. The number of unbranched alkanes of at least 4 members (excludes halogenated alkanes) is 1. The van der Waals surface area contributed by atoms with Gasteiger partial charge in [-0.1, -0.05) is 0 Å². The Labute approximate surface area is 92.2 Å². The Kier molecular flexibility index (Phi) is 5.23. The van der Waals surface area contributed by atoms with Crippen LogP contribution in [0.2, 0.25) is 0 Å². The van der Waals surface area contributed by atoms with Gasteiger partial charge in [0.25, 0.3) is 0 Å². The predicted molar refractivity (Wildman–Crippen MR) is 60.5 cm³/mol. The van der Waals surface area contributed by atoms with Crippen molar-refractivity contribution in [3.63, 3.8) is 0 Å². The molecule has 0 aliphatic rings. The van der Waals surface area contributed by atoms with Gasteiger partial charge in [-0.15, -0.1) is 0 Å². The lowest BCUT2D eigenvalue weighted by Crippen LogP contribution is -1.97. The summed E-state index contributed by atoms with van der Waals surface area (Å²) >= 11 is 7.45. The van der Waals surface area contributed by atoms with Gasteiger partial charge in [0, 0.05) is 10.7 Å². The summed E-state index contributed by atoms with van der Waals surface area (Å²) in [6, 6.07) is 1.91. The van der Waals surface area contributed by atoms with E-state index in [0.29, 0.717) is 0 Å². The summed E-state index contributed by atoms with van der Waals surface area (Å²) in [7, 11) is 0. The minimum Gasteiger partial charge on any atom is -0.492 e. The highest BCUT2D eigenvalue weighted by Gasteiger charge is 1.94. The number of rotatable bonds is 5. The monoisotopic (exact) mass is 261 g/mol. The van der Waals surface area contributed by atoms with Crippen LogP contribution in [-0.4, -0.2) is 17.3 Å². The van der Waals surface area contributed by atoms with Gasteiger partial charge in [-0.3, -0.25) is 4.98 Å². The predicted octanol–water partition coefficient (Wildman–Crippen LogP) is 2.93. The van der Waals surface area contributed by atoms with E-state index >= 15 is 0 Å². The van der Waals surface area contributed by atoms with Crippen LogP contribution in [0.4, 0.5) is 0 Å². The first-order valence-corrected chi connectivity index (χ1v) is 5.59. The number of ether oxygens (including phenoxy) is 1. The number of hydrogen-bond acceptors (Lipinski definition) is 3. The summed E-state index contributed by atoms with van der Waals surface area (Å²) in [6.45, 7) is 0.735. The van der Waals surface area contributed by atoms with Crippen LogP contribution >= 0.6 is 28.6 Å². The molecule has 72 valence electrons. The highest BCUT2D eigenvalue weighted by molar-refractivity contribution is 9.10. The molecule has 0 unspecified atom stereocenters. The van der Waals surface area contributed by atoms with Gasteiger partial charge >= 0.3 is 0 Å². The van der Waals surface area contributed by atoms with E-state index in [9.17, 15) is 0 Å². The SMILES string of the molecule is SCCCCOc1cncc(Br)c1. The molecule has 0 aromatic carbocycles. The second kappa shape index (κ2) is 6.27. The van der Waals surface area contributed by atoms with Crippen LogP contribution in [0.25, 0.3) is 0 Å². The van der Waals surface area contributed by atoms with E-state index < -0.39 is 0 Å². The molecule has 0 atom stereocenters. The van der Waals surface area contributed by atoms with Crippen molar-refractivity contribution in [1.82, 2.24) is 4.98 Å². The van der Waals surface area contributed by atoms with Crippen LogP contribution in [0.5, 0.6) is 5.75 Å². The topological polar surface area (TPSA) is 22.1 Å². The lowest BCUT2D eigenvalue weighted by Gasteiger charge is -2.04. The van der Waals surface area contributed by atoms with Crippen molar-refractivity contribution in [2.45, 2.75) is 12.8 Å². The number of pyridine rings is 1. The first kappa shape index (κ1) is 10.9. The summed E-state index contributed by atoms with van der Waals surface area (Å²) in [5.74, 6) is 1.73. The van der Waals surface area contributed by atoms with Crippen LogP contribution < -0.4 is 4.74 Å². The number of hydrogen-bond donors (Lipinski definition) is 1. The maximum absolute atomic E-state index is 5.46. The van der Waals surface area contributed by atoms with Crippen molar-refractivity contribution >= 4 is 28.6 Å². The average molecular weight is 262 g/mol. The Balaban J connectivity index is 2.28. The maximum Gasteiger partial charge on any atom is 0.138 e. The first-order valence-electron chi connectivity index (χ1n) is 4.17. The molecule has 0 spiro atoms. The normalized spacial score (nSPS) is 10.0. The number of nitrogens with zero attached hydrogens (tertiary/aromatic N) is 1. The molecule has 0 N–H and O–H groups in total. The summed E-state index contributed by atoms with van der Waals surface area (Å²) in [4.78, 5) is 4.00. The van der Waals surface area contributed by atoms with Crippen molar-refractivity contribution in [2.75, 3.05) is 12.4 Å². The van der Waals surface area contributed by atoms with Crippen LogP contribution in [0, 0.1) is 0 Å². The lowest BCUT2D eigenvalue weighted by molar-refractivity contribution is 0.308. The molecule has 0 saturated heterocycles. The zero-order valence-corrected chi connectivity index (χ0v) is 9.72. The van der Waals surface area contributed by atoms with Gasteiger partial charge in [0.2, 0.25) is 0 Å². The summed E-state index contributed by atoms with van der Waals surface area (Å²) < 4.78 is 6.41. The van der Waals surface area contributed by atoms with E-state index in [-0.39, 0.29) is 0 Å². The van der Waals surface area contributed by atoms with Crippen molar-refractivity contribution in [1.29, 1.82) is 0 Å². The standard InChI is InChI=1S/C9H12BrNOS/c10-8-5-9(7-11-6-8)12-3-1-2-4-13/h5-7,13H,1-4H2. The molecule has 1 aromatic rings. The van der Waals surface area contributed by atoms with E-state index in [2.05, 4.69) is 33.5 Å². The van der Waals surface area contributed by atoms with Gasteiger partial charge in [-0.2, -0.15) is 12.6 Å². The quantitative estimate of drug-likeness (QED) is 0.651. The Bertz CT molecular complexity index is 257. The van der Waals surface area contributed by atoms with Gasteiger partial charge in [-0.25, -0.2) is 0 Å². The molecule has 1 heterocycles. The molecule has 0 amide bonds. The number of aromatic nitrogens is 1. The van der Waals surface area contributed by atoms with Crippen LogP contribution in [0.1, 0.15) is 12.8 Å². The van der Waals surface area contributed by atoms with Gasteiger partial charge < -0.3 is 4.74 Å². The molecular formula is C9H12BrNOS. The van der Waals surface area contributed by atoms with E-state index in [1.54, 1.807) is 12.4 Å². The molecule has 1 aromatic heterocycles. The zero-order valence-electron chi connectivity index (χ0n) is 7.24. The third-order valence-corrected chi connectivity index (χ3v) is 2.25. The molecule has 4 heteroatoms. The molecular weight excluding hydrogens is 250 g/mol. The second-order valence-corrected chi connectivity index (χ2v) is 3.98. The van der Waals surface area contributed by atoms with Crippen LogP contribution in [-0.2, 0) is 0 Å². The molecule has 0 aliphatic heterocycles. The average Bonchev–Trinajstić information content (AvgIpc) is 2.13. The fourth-order valence-electron chi connectivity index (χ4n) is 0.875. The van der Waals surface area contributed by atoms with Crippen molar-refractivity contribution in [3.8, 4) is 5.75 Å².